The predicted molar refractivity (Wildman–Crippen MR) is 69.9 cm³/mol. The van der Waals surface area contributed by atoms with Crippen LogP contribution in [0, 0.1) is 5.92 Å². The third kappa shape index (κ3) is 3.29. The lowest BCUT2D eigenvalue weighted by Gasteiger charge is -2.25. The highest BCUT2D eigenvalue weighted by Gasteiger charge is 2.16. The van der Waals surface area contributed by atoms with Crippen molar-refractivity contribution < 1.29 is 0 Å². The molecule has 1 aliphatic rings. The normalized spacial score (nSPS) is 16.7. The molecule has 1 aromatic rings. The Balaban J connectivity index is 1.64. The largest absolute Gasteiger partial charge is 0.312 e. The van der Waals surface area contributed by atoms with Gasteiger partial charge in [0.2, 0.25) is 0 Å². The van der Waals surface area contributed by atoms with Crippen LogP contribution >= 0.6 is 11.3 Å². The summed E-state index contributed by atoms with van der Waals surface area (Å²) in [4.78, 5) is 5.81. The molecule has 0 aromatic carbocycles. The summed E-state index contributed by atoms with van der Waals surface area (Å²) in [6, 6.07) is 0. The number of hydrogen-bond acceptors (Lipinski definition) is 3. The fourth-order valence-electron chi connectivity index (χ4n) is 1.97. The first kappa shape index (κ1) is 12.1. The molecular formula is C13H22N2S. The minimum Gasteiger partial charge on any atom is -0.312 e. The second-order valence-electron chi connectivity index (χ2n) is 5.08. The molecule has 0 atom stereocenters. The van der Waals surface area contributed by atoms with Gasteiger partial charge >= 0.3 is 0 Å². The predicted octanol–water partition coefficient (Wildman–Crippen LogP) is 3.55. The highest BCUT2D eigenvalue weighted by Crippen LogP contribution is 2.28. The van der Waals surface area contributed by atoms with Crippen LogP contribution in [-0.2, 0) is 6.54 Å². The van der Waals surface area contributed by atoms with Gasteiger partial charge in [-0.1, -0.05) is 33.1 Å². The van der Waals surface area contributed by atoms with Crippen LogP contribution < -0.4 is 5.32 Å². The van der Waals surface area contributed by atoms with E-state index in [2.05, 4.69) is 24.1 Å². The van der Waals surface area contributed by atoms with Crippen molar-refractivity contribution in [2.75, 3.05) is 6.54 Å². The van der Waals surface area contributed by atoms with Crippen LogP contribution in [0.15, 0.2) is 6.20 Å². The number of nitrogens with one attached hydrogen (secondary N) is 1. The monoisotopic (exact) mass is 238 g/mol. The maximum absolute atomic E-state index is 4.44. The van der Waals surface area contributed by atoms with Crippen molar-refractivity contribution in [2.24, 2.45) is 5.92 Å². The van der Waals surface area contributed by atoms with E-state index in [0.29, 0.717) is 5.92 Å². The zero-order valence-corrected chi connectivity index (χ0v) is 11.1. The van der Waals surface area contributed by atoms with Gasteiger partial charge in [-0.05, 0) is 18.9 Å². The molecule has 1 aliphatic carbocycles. The van der Waals surface area contributed by atoms with Gasteiger partial charge in [0, 0.05) is 23.5 Å². The van der Waals surface area contributed by atoms with E-state index in [1.807, 2.05) is 17.5 Å². The molecule has 0 bridgehead atoms. The Morgan fingerprint density at radius 2 is 2.31 bits per heavy atom. The molecule has 1 saturated carbocycles. The van der Waals surface area contributed by atoms with Gasteiger partial charge in [-0.3, -0.25) is 0 Å². The number of thiazole rings is 1. The summed E-state index contributed by atoms with van der Waals surface area (Å²) in [6.45, 7) is 6.57. The van der Waals surface area contributed by atoms with E-state index in [1.54, 1.807) is 0 Å². The molecule has 2 rings (SSSR count). The topological polar surface area (TPSA) is 24.9 Å². The molecule has 90 valence electrons. The molecule has 0 unspecified atom stereocenters. The molecule has 2 nitrogen and oxygen atoms in total. The van der Waals surface area contributed by atoms with E-state index in [-0.39, 0.29) is 0 Å². The van der Waals surface area contributed by atoms with Gasteiger partial charge in [-0.2, -0.15) is 0 Å². The van der Waals surface area contributed by atoms with Crippen molar-refractivity contribution in [3.63, 3.8) is 0 Å². The molecule has 0 amide bonds. The van der Waals surface area contributed by atoms with E-state index in [1.165, 1.54) is 42.1 Å². The van der Waals surface area contributed by atoms with E-state index in [0.717, 1.165) is 12.5 Å². The maximum atomic E-state index is 4.44. The standard InChI is InChI=1S/C13H22N2S/c1-10(2)13-15-9-12(16-13)8-14-7-6-11-4-3-5-11/h9-11,14H,3-8H2,1-2H3. The average Bonchev–Trinajstić information content (AvgIpc) is 2.63. The van der Waals surface area contributed by atoms with Crippen LogP contribution in [0.1, 0.15) is 55.3 Å². The van der Waals surface area contributed by atoms with Gasteiger partial charge in [0.1, 0.15) is 0 Å². The summed E-state index contributed by atoms with van der Waals surface area (Å²) in [7, 11) is 0. The average molecular weight is 238 g/mol. The highest BCUT2D eigenvalue weighted by molar-refractivity contribution is 7.11. The summed E-state index contributed by atoms with van der Waals surface area (Å²) >= 11 is 1.85. The first-order valence-electron chi connectivity index (χ1n) is 6.41. The van der Waals surface area contributed by atoms with Crippen LogP contribution in [-0.4, -0.2) is 11.5 Å². The highest BCUT2D eigenvalue weighted by atomic mass is 32.1. The third-order valence-corrected chi connectivity index (χ3v) is 4.62. The Bertz CT molecular complexity index is 315. The molecule has 0 spiro atoms. The molecule has 0 radical (unpaired) electrons. The van der Waals surface area contributed by atoms with Gasteiger partial charge in [0.25, 0.3) is 0 Å². The first-order valence-corrected chi connectivity index (χ1v) is 7.22. The second kappa shape index (κ2) is 5.78. The van der Waals surface area contributed by atoms with Gasteiger partial charge in [0.05, 0.1) is 5.01 Å². The minimum atomic E-state index is 0.564. The second-order valence-corrected chi connectivity index (χ2v) is 6.23. The van der Waals surface area contributed by atoms with Crippen molar-refractivity contribution >= 4 is 11.3 Å². The fourth-order valence-corrected chi connectivity index (χ4v) is 2.86. The molecule has 0 aliphatic heterocycles. The van der Waals surface area contributed by atoms with E-state index in [4.69, 9.17) is 0 Å². The quantitative estimate of drug-likeness (QED) is 0.767. The van der Waals surface area contributed by atoms with Gasteiger partial charge in [0.15, 0.2) is 0 Å². The van der Waals surface area contributed by atoms with E-state index in [9.17, 15) is 0 Å². The Hall–Kier alpha value is -0.410. The van der Waals surface area contributed by atoms with Crippen LogP contribution in [0.2, 0.25) is 0 Å². The molecule has 16 heavy (non-hydrogen) atoms. The van der Waals surface area contributed by atoms with Crippen LogP contribution in [0.5, 0.6) is 0 Å². The lowest BCUT2D eigenvalue weighted by Crippen LogP contribution is -2.20. The first-order chi connectivity index (χ1) is 7.75. The number of hydrogen-bond donors (Lipinski definition) is 1. The van der Waals surface area contributed by atoms with E-state index < -0.39 is 0 Å². The SMILES string of the molecule is CC(C)c1ncc(CNCCC2CCC2)s1. The Kier molecular flexibility index (Phi) is 4.36. The third-order valence-electron chi connectivity index (χ3n) is 3.32. The summed E-state index contributed by atoms with van der Waals surface area (Å²) in [5, 5.41) is 4.78. The summed E-state index contributed by atoms with van der Waals surface area (Å²) in [5.74, 6) is 1.58. The van der Waals surface area contributed by atoms with Crippen molar-refractivity contribution in [2.45, 2.75) is 52.0 Å². The summed E-state index contributed by atoms with van der Waals surface area (Å²) in [6.07, 6.45) is 7.75. The van der Waals surface area contributed by atoms with Crippen LogP contribution in [0.25, 0.3) is 0 Å². The molecule has 3 heteroatoms. The number of rotatable bonds is 6. The Labute approximate surface area is 102 Å². The summed E-state index contributed by atoms with van der Waals surface area (Å²) < 4.78 is 0. The van der Waals surface area contributed by atoms with Crippen LogP contribution in [0.3, 0.4) is 0 Å². The van der Waals surface area contributed by atoms with Gasteiger partial charge < -0.3 is 5.32 Å². The zero-order valence-electron chi connectivity index (χ0n) is 10.3. The minimum absolute atomic E-state index is 0.564. The number of aromatic nitrogens is 1. The van der Waals surface area contributed by atoms with Crippen LogP contribution in [0.4, 0.5) is 0 Å². The van der Waals surface area contributed by atoms with Gasteiger partial charge in [-0.25, -0.2) is 4.98 Å². The molecule has 1 fully saturated rings. The van der Waals surface area contributed by atoms with Gasteiger partial charge in [-0.15, -0.1) is 11.3 Å². The summed E-state index contributed by atoms with van der Waals surface area (Å²) in [5.41, 5.74) is 0. The van der Waals surface area contributed by atoms with Crippen molar-refractivity contribution in [3.05, 3.63) is 16.1 Å². The van der Waals surface area contributed by atoms with Crippen molar-refractivity contribution in [1.82, 2.24) is 10.3 Å². The fraction of sp³-hybridized carbons (Fsp3) is 0.769. The number of nitrogens with zero attached hydrogens (tertiary/aromatic N) is 1. The maximum Gasteiger partial charge on any atom is 0.0953 e. The smallest absolute Gasteiger partial charge is 0.0953 e. The molecule has 1 aromatic heterocycles. The lowest BCUT2D eigenvalue weighted by molar-refractivity contribution is 0.292. The molecule has 1 N–H and O–H groups in total. The zero-order chi connectivity index (χ0) is 11.4. The molecular weight excluding hydrogens is 216 g/mol. The molecule has 1 heterocycles. The van der Waals surface area contributed by atoms with Crippen molar-refractivity contribution in [3.8, 4) is 0 Å². The van der Waals surface area contributed by atoms with Crippen molar-refractivity contribution in [1.29, 1.82) is 0 Å². The lowest BCUT2D eigenvalue weighted by atomic mass is 9.83. The Morgan fingerprint density at radius 1 is 1.50 bits per heavy atom. The Morgan fingerprint density at radius 3 is 2.88 bits per heavy atom. The molecule has 0 saturated heterocycles. The van der Waals surface area contributed by atoms with E-state index >= 15 is 0 Å².